The fourth-order valence-electron chi connectivity index (χ4n) is 2.16. The second-order valence-corrected chi connectivity index (χ2v) is 6.06. The van der Waals surface area contributed by atoms with Crippen molar-refractivity contribution in [2.75, 3.05) is 0 Å². The smallest absolute Gasteiger partial charge is 0.392 e. The molecule has 0 atom stereocenters. The number of aliphatic hydroxyl groups is 1. The molecule has 0 amide bonds. The highest BCUT2D eigenvalue weighted by molar-refractivity contribution is 7.45. The Hall–Kier alpha value is 0.0300. The van der Waals surface area contributed by atoms with Crippen LogP contribution < -0.4 is 5.73 Å². The van der Waals surface area contributed by atoms with Crippen LogP contribution in [0.15, 0.2) is 0 Å². The van der Waals surface area contributed by atoms with E-state index in [1.807, 2.05) is 27.7 Å². The van der Waals surface area contributed by atoms with Crippen molar-refractivity contribution < 1.29 is 24.4 Å². The van der Waals surface area contributed by atoms with Crippen LogP contribution in [-0.4, -0.2) is 31.9 Å². The zero-order valence-corrected chi connectivity index (χ0v) is 10.3. The number of nitrogens with two attached hydrogens (primary N) is 1. The molecule has 0 aromatic rings. The first kappa shape index (κ1) is 15.0. The minimum absolute atomic E-state index is 0.0938. The van der Waals surface area contributed by atoms with Crippen molar-refractivity contribution >= 4 is 7.82 Å². The summed E-state index contributed by atoms with van der Waals surface area (Å²) < 4.78 is 8.88. The molecule has 92 valence electrons. The summed E-state index contributed by atoms with van der Waals surface area (Å²) in [6.45, 7) is 8.03. The van der Waals surface area contributed by atoms with E-state index in [4.69, 9.17) is 25.0 Å². The highest BCUT2D eigenvalue weighted by atomic mass is 31.2. The Labute approximate surface area is 89.4 Å². The number of rotatable bonds is 0. The van der Waals surface area contributed by atoms with Crippen molar-refractivity contribution in [3.05, 3.63) is 0 Å². The quantitative estimate of drug-likeness (QED) is 0.374. The Morgan fingerprint density at radius 3 is 1.33 bits per heavy atom. The summed E-state index contributed by atoms with van der Waals surface area (Å²) in [5.41, 5.74) is 5.68. The van der Waals surface area contributed by atoms with Gasteiger partial charge in [-0.05, 0) is 0 Å². The molecule has 6 N–H and O–H groups in total. The van der Waals surface area contributed by atoms with E-state index in [0.717, 1.165) is 0 Å². The lowest BCUT2D eigenvalue weighted by Gasteiger charge is -2.60. The van der Waals surface area contributed by atoms with Gasteiger partial charge in [0.1, 0.15) is 0 Å². The molecule has 1 aliphatic rings. The molecule has 7 heteroatoms. The zero-order valence-electron chi connectivity index (χ0n) is 9.38. The first-order chi connectivity index (χ1) is 6.31. The summed E-state index contributed by atoms with van der Waals surface area (Å²) in [6, 6.07) is 0.120. The summed E-state index contributed by atoms with van der Waals surface area (Å²) in [6.07, 6.45) is -0.255. The predicted molar refractivity (Wildman–Crippen MR) is 55.8 cm³/mol. The highest BCUT2D eigenvalue weighted by Gasteiger charge is 2.59. The summed E-state index contributed by atoms with van der Waals surface area (Å²) in [5, 5.41) is 9.59. The summed E-state index contributed by atoms with van der Waals surface area (Å²) in [5.74, 6) is 0. The maximum atomic E-state index is 9.59. The molecule has 0 saturated heterocycles. The molecule has 0 unspecified atom stereocenters. The van der Waals surface area contributed by atoms with Crippen LogP contribution in [-0.2, 0) is 4.57 Å². The largest absolute Gasteiger partial charge is 0.466 e. The lowest BCUT2D eigenvalue weighted by atomic mass is 9.50. The van der Waals surface area contributed by atoms with Crippen LogP contribution in [0.2, 0.25) is 0 Å². The second-order valence-electron chi connectivity index (χ2n) is 5.04. The van der Waals surface area contributed by atoms with Crippen LogP contribution in [0.1, 0.15) is 27.7 Å². The molecular formula is C8H20NO5P. The van der Waals surface area contributed by atoms with E-state index in [9.17, 15) is 5.11 Å². The van der Waals surface area contributed by atoms with Crippen LogP contribution in [0.5, 0.6) is 0 Å². The van der Waals surface area contributed by atoms with Gasteiger partial charge in [-0.3, -0.25) is 0 Å². The maximum Gasteiger partial charge on any atom is 0.466 e. The zero-order chi connectivity index (χ0) is 12.7. The average molecular weight is 241 g/mol. The van der Waals surface area contributed by atoms with Crippen LogP contribution in [0.25, 0.3) is 0 Å². The molecule has 0 radical (unpaired) electrons. The van der Waals surface area contributed by atoms with Crippen LogP contribution in [0.3, 0.4) is 0 Å². The molecule has 1 rings (SSSR count). The second kappa shape index (κ2) is 4.13. The summed E-state index contributed by atoms with van der Waals surface area (Å²) in [7, 11) is -4.64. The van der Waals surface area contributed by atoms with Gasteiger partial charge in [0, 0.05) is 16.9 Å². The van der Waals surface area contributed by atoms with E-state index in [-0.39, 0.29) is 23.0 Å². The summed E-state index contributed by atoms with van der Waals surface area (Å²) in [4.78, 5) is 21.6. The summed E-state index contributed by atoms with van der Waals surface area (Å²) >= 11 is 0. The third-order valence-corrected chi connectivity index (χ3v) is 3.01. The van der Waals surface area contributed by atoms with Crippen LogP contribution in [0, 0.1) is 10.8 Å². The average Bonchev–Trinajstić information content (AvgIpc) is 1.98. The van der Waals surface area contributed by atoms with Crippen molar-refractivity contribution in [3.63, 3.8) is 0 Å². The van der Waals surface area contributed by atoms with Crippen molar-refractivity contribution in [1.29, 1.82) is 0 Å². The fourth-order valence-corrected chi connectivity index (χ4v) is 2.16. The van der Waals surface area contributed by atoms with Gasteiger partial charge in [-0.25, -0.2) is 4.57 Å². The van der Waals surface area contributed by atoms with Crippen LogP contribution in [0.4, 0.5) is 0 Å². The van der Waals surface area contributed by atoms with Gasteiger partial charge >= 0.3 is 7.82 Å². The predicted octanol–water partition coefficient (Wildman–Crippen LogP) is -0.188. The molecule has 0 aromatic carbocycles. The number of phosphoric acid groups is 1. The van der Waals surface area contributed by atoms with Crippen LogP contribution >= 0.6 is 7.82 Å². The normalized spacial score (nSPS) is 32.3. The number of aliphatic hydroxyl groups excluding tert-OH is 1. The molecule has 0 heterocycles. The first-order valence-corrected chi connectivity index (χ1v) is 6.09. The van der Waals surface area contributed by atoms with Crippen molar-refractivity contribution in [2.24, 2.45) is 16.6 Å². The van der Waals surface area contributed by atoms with Gasteiger partial charge in [0.2, 0.25) is 0 Å². The van der Waals surface area contributed by atoms with E-state index in [2.05, 4.69) is 0 Å². The Morgan fingerprint density at radius 2 is 1.27 bits per heavy atom. The third-order valence-electron chi connectivity index (χ3n) is 3.01. The lowest BCUT2D eigenvalue weighted by molar-refractivity contribution is -0.170. The van der Waals surface area contributed by atoms with Gasteiger partial charge in [-0.1, -0.05) is 27.7 Å². The van der Waals surface area contributed by atoms with E-state index >= 15 is 0 Å². The van der Waals surface area contributed by atoms with Gasteiger partial charge < -0.3 is 25.5 Å². The molecule has 15 heavy (non-hydrogen) atoms. The van der Waals surface area contributed by atoms with Gasteiger partial charge in [-0.2, -0.15) is 0 Å². The first-order valence-electron chi connectivity index (χ1n) is 4.53. The highest BCUT2D eigenvalue weighted by Crippen LogP contribution is 2.52. The molecule has 1 aliphatic carbocycles. The van der Waals surface area contributed by atoms with Crippen molar-refractivity contribution in [2.45, 2.75) is 39.8 Å². The van der Waals surface area contributed by atoms with E-state index in [1.165, 1.54) is 0 Å². The number of hydrogen-bond donors (Lipinski definition) is 5. The maximum absolute atomic E-state index is 9.59. The Bertz CT molecular complexity index is 234. The molecule has 0 aliphatic heterocycles. The van der Waals surface area contributed by atoms with E-state index in [1.54, 1.807) is 0 Å². The van der Waals surface area contributed by atoms with Gasteiger partial charge in [0.15, 0.2) is 0 Å². The minimum atomic E-state index is -4.64. The van der Waals surface area contributed by atoms with E-state index in [0.29, 0.717) is 0 Å². The number of hydrogen-bond acceptors (Lipinski definition) is 3. The third kappa shape index (κ3) is 3.52. The lowest BCUT2D eigenvalue weighted by Crippen LogP contribution is -2.71. The Morgan fingerprint density at radius 1 is 1.07 bits per heavy atom. The fraction of sp³-hybridized carbons (Fsp3) is 1.00. The standard InChI is InChI=1S/C8H17NO.H3O4P/c1-7(2)5(9)8(3,4)6(7)10;1-5(2,3)4/h5-6,10H,9H2,1-4H3;(H3,1,2,3,4). The molecule has 0 aromatic heterocycles. The Balaban J connectivity index is 0.000000336. The molecule has 1 saturated carbocycles. The molecular weight excluding hydrogens is 221 g/mol. The minimum Gasteiger partial charge on any atom is -0.392 e. The SMILES string of the molecule is CC1(C)C(N)C(C)(C)C1O.O=P(O)(O)O. The Kier molecular flexibility index (Phi) is 4.13. The monoisotopic (exact) mass is 241 g/mol. The van der Waals surface area contributed by atoms with Gasteiger partial charge in [0.05, 0.1) is 6.10 Å². The molecule has 0 spiro atoms. The molecule has 0 bridgehead atoms. The molecule has 6 nitrogen and oxygen atoms in total. The topological polar surface area (TPSA) is 124 Å². The van der Waals surface area contributed by atoms with Crippen molar-refractivity contribution in [1.82, 2.24) is 0 Å². The van der Waals surface area contributed by atoms with E-state index < -0.39 is 7.82 Å². The van der Waals surface area contributed by atoms with Crippen molar-refractivity contribution in [3.8, 4) is 0 Å². The molecule has 1 fully saturated rings. The van der Waals surface area contributed by atoms with Gasteiger partial charge in [-0.15, -0.1) is 0 Å². The van der Waals surface area contributed by atoms with Gasteiger partial charge in [0.25, 0.3) is 0 Å².